The summed E-state index contributed by atoms with van der Waals surface area (Å²) in [5.74, 6) is 1.64. The Morgan fingerprint density at radius 3 is 1.78 bits per heavy atom. The van der Waals surface area contributed by atoms with Crippen molar-refractivity contribution in [3.63, 3.8) is 0 Å². The number of hydrogen-bond acceptors (Lipinski definition) is 4. The first-order chi connectivity index (χ1) is 27.0. The van der Waals surface area contributed by atoms with Crippen molar-refractivity contribution < 1.29 is 0 Å². The maximum absolute atomic E-state index is 9.56. The smallest absolute Gasteiger partial charge is 0.238 e. The highest BCUT2D eigenvalue weighted by molar-refractivity contribution is 6.32. The van der Waals surface area contributed by atoms with Gasteiger partial charge >= 0.3 is 0 Å². The highest BCUT2D eigenvalue weighted by Crippen LogP contribution is 2.58. The zero-order chi connectivity index (χ0) is 36.8. The van der Waals surface area contributed by atoms with Crippen LogP contribution in [0, 0.1) is 11.3 Å². The first kappa shape index (κ1) is 31.2. The average molecular weight is 705 g/mol. The van der Waals surface area contributed by atoms with Crippen LogP contribution in [0.15, 0.2) is 158 Å². The minimum absolute atomic E-state index is 0.293. The van der Waals surface area contributed by atoms with Gasteiger partial charge in [0.05, 0.1) is 33.7 Å². The van der Waals surface area contributed by atoms with Crippen molar-refractivity contribution in [2.24, 2.45) is 0 Å². The van der Waals surface area contributed by atoms with E-state index in [0.29, 0.717) is 23.2 Å². The standard InChI is InChI=1S/C49H32N6/c1-49(2)37-22-12-9-19-34(37)40-41-35-20-10-14-24-39(35)55(44(41)42-36-21-11-13-23-38(36)54(45(42)43(40)49)33-17-7-4-8-18-33)48-52-46(31-15-5-3-6-16-31)51-47(53-48)32-27-25-30(29-50)26-28-32/h3-28H,1-2H3. The normalized spacial score (nSPS) is 13.0. The number of hydrogen-bond donors (Lipinski definition) is 0. The van der Waals surface area contributed by atoms with Gasteiger partial charge in [-0.1, -0.05) is 123 Å². The van der Waals surface area contributed by atoms with Crippen LogP contribution in [0.4, 0.5) is 0 Å². The van der Waals surface area contributed by atoms with E-state index < -0.39 is 0 Å². The lowest BCUT2D eigenvalue weighted by Crippen LogP contribution is -2.16. The Labute approximate surface area is 317 Å². The molecule has 0 amide bonds. The van der Waals surface area contributed by atoms with Gasteiger partial charge in [-0.3, -0.25) is 4.57 Å². The summed E-state index contributed by atoms with van der Waals surface area (Å²) < 4.78 is 4.73. The highest BCUT2D eigenvalue weighted by atomic mass is 15.2. The van der Waals surface area contributed by atoms with Gasteiger partial charge in [0.15, 0.2) is 11.6 Å². The molecule has 3 aromatic heterocycles. The largest absolute Gasteiger partial charge is 0.309 e. The van der Waals surface area contributed by atoms with E-state index in [0.717, 1.165) is 49.5 Å². The van der Waals surface area contributed by atoms with Gasteiger partial charge in [0, 0.05) is 43.8 Å². The number of nitriles is 1. The molecular formula is C49H32N6. The first-order valence-corrected chi connectivity index (χ1v) is 18.5. The van der Waals surface area contributed by atoms with Crippen LogP contribution in [0.25, 0.3) is 89.2 Å². The van der Waals surface area contributed by atoms with Crippen LogP contribution in [0.3, 0.4) is 0 Å². The molecule has 11 rings (SSSR count). The lowest BCUT2D eigenvalue weighted by atomic mass is 9.81. The zero-order valence-electron chi connectivity index (χ0n) is 30.2. The summed E-state index contributed by atoms with van der Waals surface area (Å²) in [4.78, 5) is 15.6. The quantitative estimate of drug-likeness (QED) is 0.183. The summed E-state index contributed by atoms with van der Waals surface area (Å²) in [6.45, 7) is 4.74. The third kappa shape index (κ3) is 4.38. The number of rotatable bonds is 4. The maximum Gasteiger partial charge on any atom is 0.238 e. The van der Waals surface area contributed by atoms with Gasteiger partial charge in [-0.15, -0.1) is 0 Å². The lowest BCUT2D eigenvalue weighted by Gasteiger charge is -2.24. The Bertz CT molecular complexity index is 3220. The molecule has 6 heteroatoms. The summed E-state index contributed by atoms with van der Waals surface area (Å²) in [6.07, 6.45) is 0. The number of aromatic nitrogens is 5. The molecule has 6 nitrogen and oxygen atoms in total. The van der Waals surface area contributed by atoms with E-state index in [1.807, 2.05) is 54.6 Å². The molecule has 0 radical (unpaired) electrons. The molecule has 3 heterocycles. The molecule has 10 aromatic rings. The Kier molecular flexibility index (Phi) is 6.56. The van der Waals surface area contributed by atoms with Crippen LogP contribution in [-0.4, -0.2) is 24.1 Å². The highest BCUT2D eigenvalue weighted by Gasteiger charge is 2.41. The summed E-state index contributed by atoms with van der Waals surface area (Å²) in [5, 5.41) is 14.2. The molecular weight excluding hydrogens is 673 g/mol. The number of nitrogens with zero attached hydrogens (tertiary/aromatic N) is 6. The minimum Gasteiger partial charge on any atom is -0.309 e. The Morgan fingerprint density at radius 2 is 1.09 bits per heavy atom. The van der Waals surface area contributed by atoms with E-state index in [-0.39, 0.29) is 5.41 Å². The predicted molar refractivity (Wildman–Crippen MR) is 222 cm³/mol. The molecule has 1 aliphatic rings. The van der Waals surface area contributed by atoms with Gasteiger partial charge in [-0.2, -0.15) is 15.2 Å². The summed E-state index contributed by atoms with van der Waals surface area (Å²) >= 11 is 0. The van der Waals surface area contributed by atoms with Crippen LogP contribution in [0.2, 0.25) is 0 Å². The van der Waals surface area contributed by atoms with Gasteiger partial charge in [0.25, 0.3) is 0 Å². The van der Waals surface area contributed by atoms with Crippen molar-refractivity contribution in [1.29, 1.82) is 5.26 Å². The van der Waals surface area contributed by atoms with Gasteiger partial charge < -0.3 is 4.57 Å². The molecule has 1 aliphatic carbocycles. The molecule has 0 unspecified atom stereocenters. The van der Waals surface area contributed by atoms with Crippen LogP contribution < -0.4 is 0 Å². The van der Waals surface area contributed by atoms with E-state index in [1.54, 1.807) is 0 Å². The minimum atomic E-state index is -0.293. The molecule has 0 atom stereocenters. The van der Waals surface area contributed by atoms with Gasteiger partial charge in [-0.25, -0.2) is 4.98 Å². The number of para-hydroxylation sites is 3. The topological polar surface area (TPSA) is 72.3 Å². The fourth-order valence-corrected chi connectivity index (χ4v) is 9.01. The second kappa shape index (κ2) is 11.6. The molecule has 55 heavy (non-hydrogen) atoms. The van der Waals surface area contributed by atoms with Crippen LogP contribution >= 0.6 is 0 Å². The second-order valence-electron chi connectivity index (χ2n) is 14.7. The van der Waals surface area contributed by atoms with Crippen molar-refractivity contribution in [3.8, 4) is 51.6 Å². The molecule has 0 bridgehead atoms. The van der Waals surface area contributed by atoms with Gasteiger partial charge in [0.2, 0.25) is 5.95 Å². The molecule has 258 valence electrons. The van der Waals surface area contributed by atoms with Crippen molar-refractivity contribution in [3.05, 3.63) is 174 Å². The van der Waals surface area contributed by atoms with E-state index >= 15 is 0 Å². The molecule has 0 N–H and O–H groups in total. The molecule has 0 saturated heterocycles. The molecule has 0 saturated carbocycles. The van der Waals surface area contributed by atoms with Crippen molar-refractivity contribution in [1.82, 2.24) is 24.1 Å². The molecule has 0 fully saturated rings. The predicted octanol–water partition coefficient (Wildman–Crippen LogP) is 11.6. The van der Waals surface area contributed by atoms with E-state index in [1.165, 1.54) is 33.2 Å². The SMILES string of the molecule is CC1(C)c2ccccc2-c2c1c1c(c3ccccc3n1-c1ccccc1)c1c2c2ccccc2n1-c1nc(-c2ccccc2)nc(-c2ccc(C#N)cc2)n1. The van der Waals surface area contributed by atoms with Gasteiger partial charge in [-0.05, 0) is 70.8 Å². The Hall–Kier alpha value is -7.36. The third-order valence-electron chi connectivity index (χ3n) is 11.4. The van der Waals surface area contributed by atoms with Crippen molar-refractivity contribution >= 4 is 43.6 Å². The Morgan fingerprint density at radius 1 is 0.527 bits per heavy atom. The summed E-state index contributed by atoms with van der Waals surface area (Å²) in [6, 6.07) is 56.8. The van der Waals surface area contributed by atoms with Gasteiger partial charge in [0.1, 0.15) is 0 Å². The van der Waals surface area contributed by atoms with Crippen LogP contribution in [-0.2, 0) is 5.41 Å². The fraction of sp³-hybridized carbons (Fsp3) is 0.0612. The van der Waals surface area contributed by atoms with E-state index in [9.17, 15) is 5.26 Å². The summed E-state index contributed by atoms with van der Waals surface area (Å²) in [5.41, 5.74) is 12.6. The number of benzene rings is 7. The van der Waals surface area contributed by atoms with E-state index in [2.05, 4.69) is 132 Å². The second-order valence-corrected chi connectivity index (χ2v) is 14.7. The lowest BCUT2D eigenvalue weighted by molar-refractivity contribution is 0.664. The molecule has 7 aromatic carbocycles. The fourth-order valence-electron chi connectivity index (χ4n) is 9.01. The average Bonchev–Trinajstić information content (AvgIpc) is 3.85. The van der Waals surface area contributed by atoms with Crippen molar-refractivity contribution in [2.75, 3.05) is 0 Å². The van der Waals surface area contributed by atoms with Crippen molar-refractivity contribution in [2.45, 2.75) is 19.3 Å². The Balaban J connectivity index is 1.39. The summed E-state index contributed by atoms with van der Waals surface area (Å²) in [7, 11) is 0. The van der Waals surface area contributed by atoms with E-state index in [4.69, 9.17) is 15.0 Å². The molecule has 0 spiro atoms. The zero-order valence-corrected chi connectivity index (χ0v) is 30.2. The van der Waals surface area contributed by atoms with Crippen LogP contribution in [0.1, 0.15) is 30.5 Å². The maximum atomic E-state index is 9.56. The monoisotopic (exact) mass is 704 g/mol. The number of fused-ring (bicyclic) bond motifs is 12. The molecule has 0 aliphatic heterocycles. The van der Waals surface area contributed by atoms with Crippen LogP contribution in [0.5, 0.6) is 0 Å². The third-order valence-corrected chi connectivity index (χ3v) is 11.4. The first-order valence-electron chi connectivity index (χ1n) is 18.5.